The Labute approximate surface area is 126 Å². The predicted molar refractivity (Wildman–Crippen MR) is 86.0 cm³/mol. The second-order valence-corrected chi connectivity index (χ2v) is 7.47. The van der Waals surface area contributed by atoms with E-state index in [4.69, 9.17) is 4.74 Å². The largest absolute Gasteiger partial charge is 0.375 e. The highest BCUT2D eigenvalue weighted by molar-refractivity contribution is 4.90. The van der Waals surface area contributed by atoms with E-state index >= 15 is 0 Å². The van der Waals surface area contributed by atoms with Crippen LogP contribution in [0, 0.1) is 11.3 Å². The quantitative estimate of drug-likeness (QED) is 0.740. The number of rotatable bonds is 7. The first kappa shape index (κ1) is 16.3. The summed E-state index contributed by atoms with van der Waals surface area (Å²) in [5, 5.41) is 3.47. The Morgan fingerprint density at radius 2 is 1.90 bits per heavy atom. The lowest BCUT2D eigenvalue weighted by atomic mass is 9.66. The number of ether oxygens (including phenoxy) is 1. The van der Waals surface area contributed by atoms with Gasteiger partial charge >= 0.3 is 0 Å². The Balaban J connectivity index is 1.84. The van der Waals surface area contributed by atoms with Crippen molar-refractivity contribution < 1.29 is 4.74 Å². The highest BCUT2D eigenvalue weighted by atomic mass is 16.5. The smallest absolute Gasteiger partial charge is 0.0585 e. The van der Waals surface area contributed by atoms with Crippen molar-refractivity contribution in [2.45, 2.75) is 90.3 Å². The van der Waals surface area contributed by atoms with Gasteiger partial charge in [0.05, 0.1) is 12.2 Å². The molecule has 1 N–H and O–H groups in total. The molecule has 2 unspecified atom stereocenters. The molecule has 0 bridgehead atoms. The van der Waals surface area contributed by atoms with Gasteiger partial charge in [-0.3, -0.25) is 0 Å². The first-order valence-electron chi connectivity index (χ1n) is 8.97. The van der Waals surface area contributed by atoms with E-state index in [-0.39, 0.29) is 0 Å². The van der Waals surface area contributed by atoms with Crippen LogP contribution in [0.1, 0.15) is 78.1 Å². The van der Waals surface area contributed by atoms with Crippen LogP contribution in [0.25, 0.3) is 0 Å². The zero-order valence-electron chi connectivity index (χ0n) is 13.9. The average molecular weight is 281 g/mol. The normalized spacial score (nSPS) is 38.2. The Morgan fingerprint density at radius 1 is 1.15 bits per heavy atom. The molecule has 1 aliphatic heterocycles. The van der Waals surface area contributed by atoms with E-state index in [1.807, 2.05) is 0 Å². The van der Waals surface area contributed by atoms with Crippen LogP contribution in [0.2, 0.25) is 0 Å². The van der Waals surface area contributed by atoms with Gasteiger partial charge in [-0.05, 0) is 70.3 Å². The van der Waals surface area contributed by atoms with Gasteiger partial charge in [0.25, 0.3) is 0 Å². The molecule has 2 atom stereocenters. The standard InChI is InChI=1S/C18H35NO/c1-4-5-6-16-9-11-18(12-10-16,14-19-3)13-17-8-7-15(2)20-17/h15-17,19H,4-14H2,1-3H3. The molecule has 0 aromatic heterocycles. The number of hydrogen-bond acceptors (Lipinski definition) is 2. The van der Waals surface area contributed by atoms with Crippen LogP contribution in [-0.2, 0) is 4.74 Å². The molecule has 2 nitrogen and oxygen atoms in total. The Hall–Kier alpha value is -0.0800. The Morgan fingerprint density at radius 3 is 2.45 bits per heavy atom. The molecule has 2 aliphatic rings. The minimum Gasteiger partial charge on any atom is -0.375 e. The Bertz CT molecular complexity index is 271. The molecular formula is C18H35NO. The van der Waals surface area contributed by atoms with Crippen LogP contribution in [0.4, 0.5) is 0 Å². The van der Waals surface area contributed by atoms with Gasteiger partial charge in [-0.2, -0.15) is 0 Å². The maximum atomic E-state index is 6.10. The first-order valence-corrected chi connectivity index (χ1v) is 8.97. The second-order valence-electron chi connectivity index (χ2n) is 7.47. The fourth-order valence-electron chi connectivity index (χ4n) is 4.42. The molecular weight excluding hydrogens is 246 g/mol. The minimum absolute atomic E-state index is 0.493. The lowest BCUT2D eigenvalue weighted by Gasteiger charge is -2.42. The molecule has 1 heterocycles. The monoisotopic (exact) mass is 281 g/mol. The van der Waals surface area contributed by atoms with Crippen LogP contribution >= 0.6 is 0 Å². The van der Waals surface area contributed by atoms with E-state index in [0.717, 1.165) is 5.92 Å². The van der Waals surface area contributed by atoms with Crippen LogP contribution in [-0.4, -0.2) is 25.8 Å². The SMILES string of the molecule is CCCCC1CCC(CNC)(CC2CCC(C)O2)CC1. The van der Waals surface area contributed by atoms with Gasteiger partial charge in [-0.1, -0.05) is 26.2 Å². The van der Waals surface area contributed by atoms with Gasteiger partial charge in [0.1, 0.15) is 0 Å². The number of nitrogens with one attached hydrogen (secondary N) is 1. The lowest BCUT2D eigenvalue weighted by molar-refractivity contribution is 0.00566. The van der Waals surface area contributed by atoms with Crippen molar-refractivity contribution in [3.8, 4) is 0 Å². The zero-order chi connectivity index (χ0) is 14.4. The molecule has 1 saturated carbocycles. The molecule has 0 radical (unpaired) electrons. The Kier molecular flexibility index (Phi) is 6.35. The van der Waals surface area contributed by atoms with E-state index in [2.05, 4.69) is 26.2 Å². The third-order valence-corrected chi connectivity index (χ3v) is 5.66. The van der Waals surface area contributed by atoms with Crippen molar-refractivity contribution in [2.75, 3.05) is 13.6 Å². The van der Waals surface area contributed by atoms with E-state index in [1.165, 1.54) is 70.8 Å². The summed E-state index contributed by atoms with van der Waals surface area (Å²) in [5.41, 5.74) is 0.520. The van der Waals surface area contributed by atoms with Gasteiger partial charge in [0, 0.05) is 6.54 Å². The molecule has 0 aromatic rings. The highest BCUT2D eigenvalue weighted by Crippen LogP contribution is 2.45. The fraction of sp³-hybridized carbons (Fsp3) is 1.00. The zero-order valence-corrected chi connectivity index (χ0v) is 13.9. The summed E-state index contributed by atoms with van der Waals surface area (Å²) in [6.45, 7) is 5.72. The maximum Gasteiger partial charge on any atom is 0.0585 e. The van der Waals surface area contributed by atoms with Crippen LogP contribution < -0.4 is 5.32 Å². The highest BCUT2D eigenvalue weighted by Gasteiger charge is 2.38. The molecule has 2 fully saturated rings. The summed E-state index contributed by atoms with van der Waals surface area (Å²) in [6.07, 6.45) is 14.8. The van der Waals surface area contributed by atoms with Gasteiger partial charge < -0.3 is 10.1 Å². The molecule has 0 spiro atoms. The van der Waals surface area contributed by atoms with Gasteiger partial charge in [-0.25, -0.2) is 0 Å². The summed E-state index contributed by atoms with van der Waals surface area (Å²) in [6, 6.07) is 0. The van der Waals surface area contributed by atoms with Crippen molar-refractivity contribution in [3.63, 3.8) is 0 Å². The van der Waals surface area contributed by atoms with Crippen LogP contribution in [0.15, 0.2) is 0 Å². The summed E-state index contributed by atoms with van der Waals surface area (Å²) < 4.78 is 6.10. The molecule has 118 valence electrons. The van der Waals surface area contributed by atoms with Crippen molar-refractivity contribution in [3.05, 3.63) is 0 Å². The second kappa shape index (κ2) is 7.79. The number of unbranched alkanes of at least 4 members (excludes halogenated alkanes) is 1. The van der Waals surface area contributed by atoms with Crippen molar-refractivity contribution in [1.29, 1.82) is 0 Å². The molecule has 2 heteroatoms. The third-order valence-electron chi connectivity index (χ3n) is 5.66. The molecule has 2 rings (SSSR count). The van der Waals surface area contributed by atoms with E-state index < -0.39 is 0 Å². The molecule has 20 heavy (non-hydrogen) atoms. The lowest BCUT2D eigenvalue weighted by Crippen LogP contribution is -2.39. The predicted octanol–water partition coefficient (Wildman–Crippen LogP) is 4.53. The van der Waals surface area contributed by atoms with Gasteiger partial charge in [0.15, 0.2) is 0 Å². The molecule has 0 aromatic carbocycles. The first-order chi connectivity index (χ1) is 9.67. The van der Waals surface area contributed by atoms with Crippen molar-refractivity contribution >= 4 is 0 Å². The minimum atomic E-state index is 0.493. The van der Waals surface area contributed by atoms with E-state index in [0.29, 0.717) is 17.6 Å². The molecule has 0 amide bonds. The van der Waals surface area contributed by atoms with Crippen LogP contribution in [0.5, 0.6) is 0 Å². The van der Waals surface area contributed by atoms with Gasteiger partial charge in [-0.15, -0.1) is 0 Å². The van der Waals surface area contributed by atoms with Crippen molar-refractivity contribution in [2.24, 2.45) is 11.3 Å². The van der Waals surface area contributed by atoms with E-state index in [9.17, 15) is 0 Å². The average Bonchev–Trinajstić information content (AvgIpc) is 2.84. The van der Waals surface area contributed by atoms with E-state index in [1.54, 1.807) is 0 Å². The van der Waals surface area contributed by atoms with Gasteiger partial charge in [0.2, 0.25) is 0 Å². The van der Waals surface area contributed by atoms with Crippen LogP contribution in [0.3, 0.4) is 0 Å². The topological polar surface area (TPSA) is 21.3 Å². The molecule has 1 saturated heterocycles. The maximum absolute atomic E-state index is 6.10. The summed E-state index contributed by atoms with van der Waals surface area (Å²) in [4.78, 5) is 0. The third kappa shape index (κ3) is 4.46. The summed E-state index contributed by atoms with van der Waals surface area (Å²) >= 11 is 0. The number of hydrogen-bond donors (Lipinski definition) is 1. The molecule has 1 aliphatic carbocycles. The summed E-state index contributed by atoms with van der Waals surface area (Å²) in [7, 11) is 2.11. The van der Waals surface area contributed by atoms with Crippen molar-refractivity contribution in [1.82, 2.24) is 5.32 Å². The summed E-state index contributed by atoms with van der Waals surface area (Å²) in [5.74, 6) is 1.00. The fourth-order valence-corrected chi connectivity index (χ4v) is 4.42.